The van der Waals surface area contributed by atoms with E-state index in [4.69, 9.17) is 4.74 Å². The van der Waals surface area contributed by atoms with Crippen molar-refractivity contribution in [2.45, 2.75) is 58.5 Å². The number of amides is 1. The summed E-state index contributed by atoms with van der Waals surface area (Å²) in [5.74, 6) is -0.000987. The van der Waals surface area contributed by atoms with Crippen LogP contribution in [0.3, 0.4) is 0 Å². The van der Waals surface area contributed by atoms with Crippen molar-refractivity contribution in [2.24, 2.45) is 0 Å². The molecule has 2 aliphatic rings. The molecule has 0 radical (unpaired) electrons. The van der Waals surface area contributed by atoms with Crippen molar-refractivity contribution in [1.29, 1.82) is 0 Å². The summed E-state index contributed by atoms with van der Waals surface area (Å²) in [6.07, 6.45) is 1.33. The van der Waals surface area contributed by atoms with Gasteiger partial charge in [-0.05, 0) is 75.3 Å². The minimum Gasteiger partial charge on any atom is -0.368 e. The quantitative estimate of drug-likeness (QED) is 0.789. The number of hydrogen-bond donors (Lipinski definition) is 0. The highest BCUT2D eigenvalue weighted by Gasteiger charge is 2.35. The molecular weight excluding hydrogens is 364 g/mol. The number of benzene rings is 1. The Labute approximate surface area is 162 Å². The van der Waals surface area contributed by atoms with Gasteiger partial charge in [0.25, 0.3) is 5.91 Å². The van der Waals surface area contributed by atoms with E-state index in [0.717, 1.165) is 40.7 Å². The van der Waals surface area contributed by atoms with Gasteiger partial charge in [-0.2, -0.15) is 4.31 Å². The zero-order chi connectivity index (χ0) is 19.9. The Kier molecular flexibility index (Phi) is 5.66. The largest absolute Gasteiger partial charge is 0.368 e. The lowest BCUT2D eigenvalue weighted by Crippen LogP contribution is -2.52. The second-order valence-electron chi connectivity index (χ2n) is 7.69. The van der Waals surface area contributed by atoms with Gasteiger partial charge in [0.05, 0.1) is 4.90 Å². The Balaban J connectivity index is 1.81. The zero-order valence-electron chi connectivity index (χ0n) is 17.0. The minimum absolute atomic E-state index is 0.000987. The Hall–Kier alpha value is -1.44. The van der Waals surface area contributed by atoms with Crippen LogP contribution in [0.25, 0.3) is 0 Å². The van der Waals surface area contributed by atoms with Gasteiger partial charge in [-0.25, -0.2) is 8.42 Å². The predicted octanol–water partition coefficient (Wildman–Crippen LogP) is 2.24. The van der Waals surface area contributed by atoms with Crippen molar-refractivity contribution in [3.8, 4) is 0 Å². The third-order valence-electron chi connectivity index (χ3n) is 6.28. The molecule has 150 valence electrons. The fourth-order valence-electron chi connectivity index (χ4n) is 4.11. The van der Waals surface area contributed by atoms with Crippen molar-refractivity contribution >= 4 is 15.9 Å². The summed E-state index contributed by atoms with van der Waals surface area (Å²) in [4.78, 5) is 14.7. The fraction of sp³-hybridized carbons (Fsp3) is 0.650. The monoisotopic (exact) mass is 394 g/mol. The van der Waals surface area contributed by atoms with Crippen LogP contribution < -0.4 is 0 Å². The van der Waals surface area contributed by atoms with Gasteiger partial charge in [0.1, 0.15) is 6.10 Å². The molecule has 0 spiro atoms. The van der Waals surface area contributed by atoms with E-state index in [1.165, 1.54) is 4.31 Å². The Morgan fingerprint density at radius 3 is 1.89 bits per heavy atom. The maximum Gasteiger partial charge on any atom is 0.251 e. The molecule has 1 aromatic rings. The molecule has 2 aliphatic heterocycles. The zero-order valence-corrected chi connectivity index (χ0v) is 17.8. The molecular formula is C20H30N2O4S. The van der Waals surface area contributed by atoms with Crippen molar-refractivity contribution in [1.82, 2.24) is 9.21 Å². The highest BCUT2D eigenvalue weighted by atomic mass is 32.2. The number of carbonyl (C=O) groups is 1. The molecule has 0 aromatic heterocycles. The number of carbonyl (C=O) groups excluding carboxylic acids is 1. The summed E-state index contributed by atoms with van der Waals surface area (Å²) in [6, 6.07) is 0. The van der Waals surface area contributed by atoms with E-state index in [1.54, 1.807) is 4.90 Å². The molecule has 0 aliphatic carbocycles. The van der Waals surface area contributed by atoms with Crippen molar-refractivity contribution in [2.75, 3.05) is 32.8 Å². The average molecular weight is 395 g/mol. The molecule has 3 rings (SSSR count). The summed E-state index contributed by atoms with van der Waals surface area (Å²) in [6.45, 7) is 11.9. The first-order valence-corrected chi connectivity index (χ1v) is 11.1. The smallest absolute Gasteiger partial charge is 0.251 e. The van der Waals surface area contributed by atoms with Crippen LogP contribution >= 0.6 is 0 Å². The lowest BCUT2D eigenvalue weighted by Gasteiger charge is -2.35. The van der Waals surface area contributed by atoms with Gasteiger partial charge in [-0.3, -0.25) is 4.79 Å². The molecule has 2 saturated heterocycles. The van der Waals surface area contributed by atoms with Crippen LogP contribution in [0.1, 0.15) is 40.7 Å². The van der Waals surface area contributed by atoms with Gasteiger partial charge in [-0.15, -0.1) is 0 Å². The Bertz CT molecular complexity index is 820. The average Bonchev–Trinajstić information content (AvgIpc) is 3.19. The standard InChI is InChI=1S/C20H30N2O4S/c1-13-14(2)16(4)19(17(5)15(13)3)27(24,25)22-10-8-21(9-11-22)20(23)18-7-6-12-26-18/h18H,6-12H2,1-5H3/t18-/m1/s1. The van der Waals surface area contributed by atoms with Crippen LogP contribution in [-0.4, -0.2) is 62.4 Å². The Morgan fingerprint density at radius 1 is 0.889 bits per heavy atom. The highest BCUT2D eigenvalue weighted by Crippen LogP contribution is 2.32. The van der Waals surface area contributed by atoms with E-state index in [-0.39, 0.29) is 12.0 Å². The molecule has 0 bridgehead atoms. The van der Waals surface area contributed by atoms with Crippen LogP contribution in [0.15, 0.2) is 4.90 Å². The number of sulfonamides is 1. The molecule has 2 heterocycles. The van der Waals surface area contributed by atoms with E-state index >= 15 is 0 Å². The maximum absolute atomic E-state index is 13.4. The van der Waals surface area contributed by atoms with Crippen LogP contribution in [0.4, 0.5) is 0 Å². The van der Waals surface area contributed by atoms with Crippen molar-refractivity contribution in [3.63, 3.8) is 0 Å². The first-order chi connectivity index (χ1) is 12.7. The van der Waals surface area contributed by atoms with Gasteiger partial charge in [-0.1, -0.05) is 0 Å². The lowest BCUT2D eigenvalue weighted by molar-refractivity contribution is -0.142. The SMILES string of the molecule is Cc1c(C)c(C)c(S(=O)(=O)N2CCN(C(=O)[C@H]3CCCO3)CC2)c(C)c1C. The van der Waals surface area contributed by atoms with E-state index in [1.807, 2.05) is 34.6 Å². The summed E-state index contributed by atoms with van der Waals surface area (Å²) in [5.41, 5.74) is 4.87. The normalized spacial score (nSPS) is 21.7. The summed E-state index contributed by atoms with van der Waals surface area (Å²) in [7, 11) is -3.59. The molecule has 1 aromatic carbocycles. The summed E-state index contributed by atoms with van der Waals surface area (Å²) >= 11 is 0. The second kappa shape index (κ2) is 7.53. The van der Waals surface area contributed by atoms with Gasteiger partial charge < -0.3 is 9.64 Å². The topological polar surface area (TPSA) is 66.9 Å². The van der Waals surface area contributed by atoms with Gasteiger partial charge in [0.15, 0.2) is 0 Å². The fourth-order valence-corrected chi connectivity index (χ4v) is 6.09. The number of rotatable bonds is 3. The van der Waals surface area contributed by atoms with Crippen LogP contribution in [-0.2, 0) is 19.6 Å². The summed E-state index contributed by atoms with van der Waals surface area (Å²) in [5, 5.41) is 0. The molecule has 27 heavy (non-hydrogen) atoms. The van der Waals surface area contributed by atoms with E-state index in [2.05, 4.69) is 0 Å². The second-order valence-corrected chi connectivity index (χ2v) is 9.56. The number of piperazine rings is 1. The molecule has 0 N–H and O–H groups in total. The van der Waals surface area contributed by atoms with Gasteiger partial charge >= 0.3 is 0 Å². The van der Waals surface area contributed by atoms with E-state index in [9.17, 15) is 13.2 Å². The van der Waals surface area contributed by atoms with Gasteiger partial charge in [0.2, 0.25) is 10.0 Å². The molecule has 6 nitrogen and oxygen atoms in total. The lowest BCUT2D eigenvalue weighted by atomic mass is 9.95. The van der Waals surface area contributed by atoms with Crippen LogP contribution in [0, 0.1) is 34.6 Å². The third-order valence-corrected chi connectivity index (χ3v) is 8.46. The Morgan fingerprint density at radius 2 is 1.41 bits per heavy atom. The number of hydrogen-bond acceptors (Lipinski definition) is 4. The van der Waals surface area contributed by atoms with Crippen molar-refractivity contribution in [3.05, 3.63) is 27.8 Å². The molecule has 0 unspecified atom stereocenters. The first-order valence-electron chi connectivity index (χ1n) is 9.63. The summed E-state index contributed by atoms with van der Waals surface area (Å²) < 4.78 is 33.8. The van der Waals surface area contributed by atoms with E-state index < -0.39 is 10.0 Å². The van der Waals surface area contributed by atoms with Crippen LogP contribution in [0.2, 0.25) is 0 Å². The first kappa shape index (κ1) is 20.3. The molecule has 7 heteroatoms. The maximum atomic E-state index is 13.4. The molecule has 2 fully saturated rings. The number of ether oxygens (including phenoxy) is 1. The van der Waals surface area contributed by atoms with Gasteiger partial charge in [0, 0.05) is 32.8 Å². The molecule has 1 atom stereocenters. The van der Waals surface area contributed by atoms with E-state index in [0.29, 0.717) is 37.7 Å². The highest BCUT2D eigenvalue weighted by molar-refractivity contribution is 7.89. The van der Waals surface area contributed by atoms with Crippen LogP contribution in [0.5, 0.6) is 0 Å². The molecule has 1 amide bonds. The molecule has 0 saturated carbocycles. The predicted molar refractivity (Wildman–Crippen MR) is 104 cm³/mol. The minimum atomic E-state index is -3.59. The van der Waals surface area contributed by atoms with Crippen molar-refractivity contribution < 1.29 is 17.9 Å². The number of nitrogens with zero attached hydrogens (tertiary/aromatic N) is 2. The third kappa shape index (κ3) is 3.52.